The maximum atomic E-state index is 5.50. The fourth-order valence-corrected chi connectivity index (χ4v) is 11.3. The summed E-state index contributed by atoms with van der Waals surface area (Å²) >= 11 is 0. The van der Waals surface area contributed by atoms with Crippen LogP contribution in [0.3, 0.4) is 0 Å². The van der Waals surface area contributed by atoms with Crippen molar-refractivity contribution in [2.24, 2.45) is 9.98 Å². The van der Waals surface area contributed by atoms with Gasteiger partial charge < -0.3 is 5.32 Å². The first-order valence-corrected chi connectivity index (χ1v) is 21.5. The molecule has 0 fully saturated rings. The molecule has 292 valence electrons. The summed E-state index contributed by atoms with van der Waals surface area (Å²) in [4.78, 5) is 10.9. The molecule has 1 N–H and O–H groups in total. The molecule has 0 saturated heterocycles. The Morgan fingerprint density at radius 1 is 0.344 bits per heavy atom. The van der Waals surface area contributed by atoms with Gasteiger partial charge in [0.05, 0.1) is 5.41 Å². The quantitative estimate of drug-likeness (QED) is 0.190. The molecule has 1 spiro atoms. The number of nitrogens with one attached hydrogen (secondary N) is 1. The molecule has 3 heteroatoms. The van der Waals surface area contributed by atoms with Crippen LogP contribution in [0.4, 0.5) is 0 Å². The van der Waals surface area contributed by atoms with Crippen LogP contribution >= 0.6 is 0 Å². The standard InChI is InChI=1S/C58H45N3/c1-56(2)45-23-10-8-21-41(45)43-31-29-40(35-52(43)56)55-60-53(38-20-16-19-37(33-38)36-17-6-5-7-18-36)59-54(61-55)39-30-32-47-44(34-39)42-22-9-11-24-46(42)58(47)50-27-14-12-25-48(50)57(3,4)49-26-13-15-28-51(49)58/h5-35,55H,1-4H3,(H,59,60,61). The van der Waals surface area contributed by atoms with Crippen LogP contribution in [0.2, 0.25) is 0 Å². The molecule has 0 saturated carbocycles. The molecule has 0 aromatic heterocycles. The van der Waals surface area contributed by atoms with Crippen LogP contribution in [0, 0.1) is 0 Å². The highest BCUT2D eigenvalue weighted by Gasteiger charge is 2.53. The molecule has 8 aromatic rings. The molecule has 1 atom stereocenters. The van der Waals surface area contributed by atoms with Gasteiger partial charge in [-0.05, 0) is 95.6 Å². The number of fused-ring (bicyclic) bond motifs is 12. The second kappa shape index (κ2) is 12.9. The minimum absolute atomic E-state index is 0.132. The molecule has 1 heterocycles. The van der Waals surface area contributed by atoms with Crippen molar-refractivity contribution in [1.29, 1.82) is 0 Å². The van der Waals surface area contributed by atoms with E-state index in [-0.39, 0.29) is 10.8 Å². The van der Waals surface area contributed by atoms with Crippen molar-refractivity contribution in [2.75, 3.05) is 0 Å². The molecule has 3 aliphatic carbocycles. The Labute approximate surface area is 358 Å². The van der Waals surface area contributed by atoms with Gasteiger partial charge in [0, 0.05) is 22.0 Å². The Kier molecular flexibility index (Phi) is 7.60. The molecule has 0 bridgehead atoms. The van der Waals surface area contributed by atoms with E-state index in [0.29, 0.717) is 0 Å². The fraction of sp³-hybridized carbons (Fsp3) is 0.138. The van der Waals surface area contributed by atoms with Gasteiger partial charge in [-0.25, -0.2) is 9.98 Å². The Balaban J connectivity index is 1.03. The maximum Gasteiger partial charge on any atom is 0.169 e. The average Bonchev–Trinajstić information content (AvgIpc) is 3.73. The third-order valence-corrected chi connectivity index (χ3v) is 14.2. The van der Waals surface area contributed by atoms with E-state index in [2.05, 4.69) is 221 Å². The minimum atomic E-state index is -0.448. The SMILES string of the molecule is CC1(C)c2ccccc2-c2ccc(C3N=C(c4cccc(-c5ccccc5)c4)NC(c4ccc5c(c4)-c4ccccc4C54c5ccccc5C(C)(C)c5ccccc54)=N3)cc21. The van der Waals surface area contributed by atoms with Crippen molar-refractivity contribution in [3.8, 4) is 33.4 Å². The molecule has 1 unspecified atom stereocenters. The van der Waals surface area contributed by atoms with E-state index in [0.717, 1.165) is 33.9 Å². The number of aliphatic imine (C=N–C) groups is 2. The summed E-state index contributed by atoms with van der Waals surface area (Å²) in [6.07, 6.45) is -0.442. The van der Waals surface area contributed by atoms with Gasteiger partial charge in [0.2, 0.25) is 0 Å². The first-order chi connectivity index (χ1) is 29.7. The van der Waals surface area contributed by atoms with Crippen LogP contribution in [0.25, 0.3) is 33.4 Å². The molecular formula is C58H45N3. The summed E-state index contributed by atoms with van der Waals surface area (Å²) < 4.78 is 0. The molecule has 1 aliphatic heterocycles. The summed E-state index contributed by atoms with van der Waals surface area (Å²) in [5.41, 5.74) is 20.7. The Bertz CT molecular complexity index is 3130. The zero-order chi connectivity index (χ0) is 41.1. The van der Waals surface area contributed by atoms with Crippen molar-refractivity contribution >= 4 is 11.7 Å². The Morgan fingerprint density at radius 3 is 1.52 bits per heavy atom. The number of benzene rings is 8. The van der Waals surface area contributed by atoms with E-state index in [1.54, 1.807) is 0 Å². The highest BCUT2D eigenvalue weighted by molar-refractivity contribution is 6.16. The number of hydrogen-bond donors (Lipinski definition) is 1. The van der Waals surface area contributed by atoms with E-state index < -0.39 is 11.6 Å². The zero-order valence-corrected chi connectivity index (χ0v) is 34.9. The first kappa shape index (κ1) is 35.8. The number of hydrogen-bond acceptors (Lipinski definition) is 3. The molecule has 4 aliphatic rings. The summed E-state index contributed by atoms with van der Waals surface area (Å²) in [5, 5.41) is 3.78. The highest BCUT2D eigenvalue weighted by atomic mass is 15.2. The number of amidine groups is 2. The third-order valence-electron chi connectivity index (χ3n) is 14.2. The lowest BCUT2D eigenvalue weighted by molar-refractivity contribution is 0.563. The lowest BCUT2D eigenvalue weighted by Gasteiger charge is -2.46. The van der Waals surface area contributed by atoms with Gasteiger partial charge in [-0.1, -0.05) is 204 Å². The van der Waals surface area contributed by atoms with Crippen LogP contribution in [-0.2, 0) is 16.2 Å². The molecule has 61 heavy (non-hydrogen) atoms. The molecule has 8 aromatic carbocycles. The van der Waals surface area contributed by atoms with Gasteiger partial charge in [0.15, 0.2) is 6.17 Å². The van der Waals surface area contributed by atoms with Gasteiger partial charge in [-0.3, -0.25) is 0 Å². The monoisotopic (exact) mass is 783 g/mol. The maximum absolute atomic E-state index is 5.50. The molecular weight excluding hydrogens is 739 g/mol. The van der Waals surface area contributed by atoms with Crippen LogP contribution in [0.15, 0.2) is 198 Å². The van der Waals surface area contributed by atoms with Crippen LogP contribution < -0.4 is 5.32 Å². The first-order valence-electron chi connectivity index (χ1n) is 21.5. The van der Waals surface area contributed by atoms with Gasteiger partial charge in [0.25, 0.3) is 0 Å². The summed E-state index contributed by atoms with van der Waals surface area (Å²) in [7, 11) is 0. The zero-order valence-electron chi connectivity index (χ0n) is 34.9. The smallest absolute Gasteiger partial charge is 0.169 e. The van der Waals surface area contributed by atoms with Crippen LogP contribution in [0.1, 0.15) is 95.1 Å². The van der Waals surface area contributed by atoms with Crippen molar-refractivity contribution in [3.05, 3.63) is 249 Å². The molecule has 0 amide bonds. The van der Waals surface area contributed by atoms with E-state index in [4.69, 9.17) is 9.98 Å². The van der Waals surface area contributed by atoms with Crippen LogP contribution in [-0.4, -0.2) is 11.7 Å². The van der Waals surface area contributed by atoms with Crippen molar-refractivity contribution < 1.29 is 0 Å². The van der Waals surface area contributed by atoms with E-state index >= 15 is 0 Å². The lowest BCUT2D eigenvalue weighted by atomic mass is 9.55. The lowest BCUT2D eigenvalue weighted by Crippen LogP contribution is -2.40. The summed E-state index contributed by atoms with van der Waals surface area (Å²) in [6.45, 7) is 9.42. The summed E-state index contributed by atoms with van der Waals surface area (Å²) in [5.74, 6) is 1.63. The fourth-order valence-electron chi connectivity index (χ4n) is 11.3. The second-order valence-electron chi connectivity index (χ2n) is 18.1. The minimum Gasteiger partial charge on any atom is -0.324 e. The Hall–Kier alpha value is -7.10. The molecule has 0 radical (unpaired) electrons. The van der Waals surface area contributed by atoms with Gasteiger partial charge in [0.1, 0.15) is 11.7 Å². The van der Waals surface area contributed by atoms with E-state index in [1.165, 1.54) is 72.3 Å². The predicted octanol–water partition coefficient (Wildman–Crippen LogP) is 13.2. The van der Waals surface area contributed by atoms with Crippen molar-refractivity contribution in [2.45, 2.75) is 50.1 Å². The average molecular weight is 784 g/mol. The van der Waals surface area contributed by atoms with Crippen LogP contribution in [0.5, 0.6) is 0 Å². The highest BCUT2D eigenvalue weighted by Crippen LogP contribution is 2.62. The third kappa shape index (κ3) is 5.04. The largest absolute Gasteiger partial charge is 0.324 e. The Morgan fingerprint density at radius 2 is 0.836 bits per heavy atom. The van der Waals surface area contributed by atoms with E-state index in [9.17, 15) is 0 Å². The molecule has 3 nitrogen and oxygen atoms in total. The van der Waals surface area contributed by atoms with Crippen molar-refractivity contribution in [3.63, 3.8) is 0 Å². The summed E-state index contributed by atoms with van der Waals surface area (Å²) in [6, 6.07) is 69.3. The topological polar surface area (TPSA) is 36.8 Å². The van der Waals surface area contributed by atoms with Crippen molar-refractivity contribution in [1.82, 2.24) is 5.32 Å². The van der Waals surface area contributed by atoms with E-state index in [1.807, 2.05) is 0 Å². The van der Waals surface area contributed by atoms with Gasteiger partial charge >= 0.3 is 0 Å². The predicted molar refractivity (Wildman–Crippen MR) is 251 cm³/mol. The van der Waals surface area contributed by atoms with Gasteiger partial charge in [-0.2, -0.15) is 0 Å². The van der Waals surface area contributed by atoms with Gasteiger partial charge in [-0.15, -0.1) is 0 Å². The number of rotatable bonds is 4. The molecule has 12 rings (SSSR count). The normalized spacial score (nSPS) is 17.7. The number of nitrogens with zero attached hydrogens (tertiary/aromatic N) is 2. The second-order valence-corrected chi connectivity index (χ2v) is 18.1.